The van der Waals surface area contributed by atoms with Crippen LogP contribution in [0.3, 0.4) is 0 Å². The molecule has 2 aromatic rings. The summed E-state index contributed by atoms with van der Waals surface area (Å²) < 4.78 is 6.04. The summed E-state index contributed by atoms with van der Waals surface area (Å²) in [5.41, 5.74) is 8.34. The first-order valence-corrected chi connectivity index (χ1v) is 7.04. The van der Waals surface area contributed by atoms with Gasteiger partial charge in [-0.1, -0.05) is 31.0 Å². The van der Waals surface area contributed by atoms with E-state index in [1.807, 2.05) is 30.5 Å². The van der Waals surface area contributed by atoms with E-state index < -0.39 is 0 Å². The highest BCUT2D eigenvalue weighted by Crippen LogP contribution is 2.23. The van der Waals surface area contributed by atoms with E-state index in [0.717, 1.165) is 18.4 Å². The van der Waals surface area contributed by atoms with Crippen molar-refractivity contribution >= 4 is 10.9 Å². The van der Waals surface area contributed by atoms with Gasteiger partial charge in [0.15, 0.2) is 0 Å². The zero-order chi connectivity index (χ0) is 13.1. The fourth-order valence-corrected chi connectivity index (χ4v) is 2.81. The van der Waals surface area contributed by atoms with Crippen LogP contribution >= 0.6 is 0 Å². The Morgan fingerprint density at radius 2 is 2.00 bits per heavy atom. The zero-order valence-electron chi connectivity index (χ0n) is 11.1. The maximum atomic E-state index is 6.12. The van der Waals surface area contributed by atoms with E-state index in [1.54, 1.807) is 0 Å². The molecule has 2 unspecified atom stereocenters. The number of pyridine rings is 1. The molecule has 1 aliphatic rings. The molecular weight excluding hydrogens is 236 g/mol. The van der Waals surface area contributed by atoms with Gasteiger partial charge in [-0.3, -0.25) is 4.98 Å². The number of benzene rings is 1. The first-order chi connectivity index (χ1) is 9.34. The Bertz CT molecular complexity index is 550. The molecule has 2 atom stereocenters. The molecule has 100 valence electrons. The van der Waals surface area contributed by atoms with Gasteiger partial charge in [0.1, 0.15) is 0 Å². The first-order valence-electron chi connectivity index (χ1n) is 7.04. The van der Waals surface area contributed by atoms with Gasteiger partial charge in [-0.05, 0) is 30.5 Å². The molecule has 1 aliphatic carbocycles. The number of ether oxygens (including phenoxy) is 1. The Balaban J connectivity index is 1.74. The first kappa shape index (κ1) is 12.6. The van der Waals surface area contributed by atoms with E-state index in [0.29, 0.717) is 6.61 Å². The predicted molar refractivity (Wildman–Crippen MR) is 76.8 cm³/mol. The van der Waals surface area contributed by atoms with Crippen molar-refractivity contribution in [2.45, 2.75) is 44.4 Å². The molecule has 0 aliphatic heterocycles. The number of fused-ring (bicyclic) bond motifs is 1. The summed E-state index contributed by atoms with van der Waals surface area (Å²) in [6, 6.07) is 10.4. The van der Waals surface area contributed by atoms with Crippen LogP contribution in [-0.2, 0) is 11.3 Å². The van der Waals surface area contributed by atoms with Gasteiger partial charge < -0.3 is 10.5 Å². The van der Waals surface area contributed by atoms with Crippen LogP contribution < -0.4 is 5.73 Å². The number of nitrogens with two attached hydrogens (primary N) is 1. The number of rotatable bonds is 3. The fraction of sp³-hybridized carbons (Fsp3) is 0.438. The van der Waals surface area contributed by atoms with Gasteiger partial charge in [-0.2, -0.15) is 0 Å². The normalized spacial score (nSPS) is 23.6. The van der Waals surface area contributed by atoms with Gasteiger partial charge in [-0.25, -0.2) is 0 Å². The van der Waals surface area contributed by atoms with E-state index in [1.165, 1.54) is 23.8 Å². The Morgan fingerprint density at radius 1 is 1.16 bits per heavy atom. The predicted octanol–water partition coefficient (Wildman–Crippen LogP) is 3.02. The van der Waals surface area contributed by atoms with Crippen LogP contribution in [-0.4, -0.2) is 17.1 Å². The average Bonchev–Trinajstić information content (AvgIpc) is 2.46. The Hall–Kier alpha value is -1.45. The van der Waals surface area contributed by atoms with Crippen LogP contribution in [0.1, 0.15) is 31.2 Å². The second-order valence-corrected chi connectivity index (χ2v) is 5.28. The molecule has 1 heterocycles. The molecule has 2 N–H and O–H groups in total. The number of hydrogen-bond donors (Lipinski definition) is 1. The molecule has 3 heteroatoms. The van der Waals surface area contributed by atoms with Crippen molar-refractivity contribution < 1.29 is 4.74 Å². The third-order valence-electron chi connectivity index (χ3n) is 3.95. The molecule has 1 saturated carbocycles. The second kappa shape index (κ2) is 5.68. The molecule has 1 fully saturated rings. The Labute approximate surface area is 113 Å². The van der Waals surface area contributed by atoms with Crippen molar-refractivity contribution in [3.05, 3.63) is 42.1 Å². The van der Waals surface area contributed by atoms with Gasteiger partial charge in [0.25, 0.3) is 0 Å². The SMILES string of the molecule is NC1CCCCC1OCc1ccnc2ccccc12. The van der Waals surface area contributed by atoms with Gasteiger partial charge in [0.2, 0.25) is 0 Å². The molecule has 0 saturated heterocycles. The van der Waals surface area contributed by atoms with Crippen molar-refractivity contribution in [1.29, 1.82) is 0 Å². The summed E-state index contributed by atoms with van der Waals surface area (Å²) in [6.45, 7) is 0.626. The number of aromatic nitrogens is 1. The summed E-state index contributed by atoms with van der Waals surface area (Å²) in [5, 5.41) is 1.18. The lowest BCUT2D eigenvalue weighted by atomic mass is 9.93. The van der Waals surface area contributed by atoms with Crippen molar-refractivity contribution in [3.63, 3.8) is 0 Å². The Kier molecular flexibility index (Phi) is 3.76. The standard InChI is InChI=1S/C16H20N2O/c17-14-6-2-4-8-16(14)19-11-12-9-10-18-15-7-3-1-5-13(12)15/h1,3,5,7,9-10,14,16H,2,4,6,8,11,17H2. The van der Waals surface area contributed by atoms with Crippen molar-refractivity contribution in [2.24, 2.45) is 5.73 Å². The molecule has 3 nitrogen and oxygen atoms in total. The van der Waals surface area contributed by atoms with Crippen LogP contribution in [0.5, 0.6) is 0 Å². The third kappa shape index (κ3) is 2.77. The minimum Gasteiger partial charge on any atom is -0.372 e. The summed E-state index contributed by atoms with van der Waals surface area (Å²) in [6.07, 6.45) is 6.70. The smallest absolute Gasteiger partial charge is 0.0730 e. The topological polar surface area (TPSA) is 48.1 Å². The third-order valence-corrected chi connectivity index (χ3v) is 3.95. The molecule has 19 heavy (non-hydrogen) atoms. The molecule has 0 amide bonds. The highest BCUT2D eigenvalue weighted by Gasteiger charge is 2.22. The highest BCUT2D eigenvalue weighted by molar-refractivity contribution is 5.81. The molecule has 1 aromatic carbocycles. The second-order valence-electron chi connectivity index (χ2n) is 5.28. The van der Waals surface area contributed by atoms with E-state index >= 15 is 0 Å². The summed E-state index contributed by atoms with van der Waals surface area (Å²) in [7, 11) is 0. The average molecular weight is 256 g/mol. The summed E-state index contributed by atoms with van der Waals surface area (Å²) in [4.78, 5) is 4.37. The molecule has 0 bridgehead atoms. The van der Waals surface area contributed by atoms with Crippen LogP contribution in [0.4, 0.5) is 0 Å². The number of para-hydroxylation sites is 1. The highest BCUT2D eigenvalue weighted by atomic mass is 16.5. The van der Waals surface area contributed by atoms with E-state index in [2.05, 4.69) is 11.1 Å². The molecule has 0 spiro atoms. The lowest BCUT2D eigenvalue weighted by Gasteiger charge is -2.28. The lowest BCUT2D eigenvalue weighted by molar-refractivity contribution is 0.00453. The zero-order valence-corrected chi connectivity index (χ0v) is 11.1. The van der Waals surface area contributed by atoms with Gasteiger partial charge in [0.05, 0.1) is 18.2 Å². The lowest BCUT2D eigenvalue weighted by Crippen LogP contribution is -2.39. The van der Waals surface area contributed by atoms with Crippen molar-refractivity contribution in [2.75, 3.05) is 0 Å². The van der Waals surface area contributed by atoms with E-state index in [-0.39, 0.29) is 12.1 Å². The minimum atomic E-state index is 0.196. The molecular formula is C16H20N2O. The van der Waals surface area contributed by atoms with Crippen molar-refractivity contribution in [3.8, 4) is 0 Å². The van der Waals surface area contributed by atoms with Crippen molar-refractivity contribution in [1.82, 2.24) is 4.98 Å². The maximum absolute atomic E-state index is 6.12. The van der Waals surface area contributed by atoms with E-state index in [4.69, 9.17) is 10.5 Å². The fourth-order valence-electron chi connectivity index (χ4n) is 2.81. The van der Waals surface area contributed by atoms with Gasteiger partial charge in [-0.15, -0.1) is 0 Å². The van der Waals surface area contributed by atoms with Crippen LogP contribution in [0.2, 0.25) is 0 Å². The largest absolute Gasteiger partial charge is 0.372 e. The van der Waals surface area contributed by atoms with Gasteiger partial charge >= 0.3 is 0 Å². The van der Waals surface area contributed by atoms with E-state index in [9.17, 15) is 0 Å². The Morgan fingerprint density at radius 3 is 2.89 bits per heavy atom. The monoisotopic (exact) mass is 256 g/mol. The number of hydrogen-bond acceptors (Lipinski definition) is 3. The molecule has 0 radical (unpaired) electrons. The van der Waals surface area contributed by atoms with Gasteiger partial charge in [0, 0.05) is 17.6 Å². The van der Waals surface area contributed by atoms with Crippen LogP contribution in [0.25, 0.3) is 10.9 Å². The minimum absolute atomic E-state index is 0.196. The van der Waals surface area contributed by atoms with Crippen LogP contribution in [0, 0.1) is 0 Å². The number of nitrogens with zero attached hydrogens (tertiary/aromatic N) is 1. The summed E-state index contributed by atoms with van der Waals surface area (Å²) >= 11 is 0. The molecule has 3 rings (SSSR count). The van der Waals surface area contributed by atoms with Crippen LogP contribution in [0.15, 0.2) is 36.5 Å². The quantitative estimate of drug-likeness (QED) is 0.918. The molecule has 1 aromatic heterocycles. The maximum Gasteiger partial charge on any atom is 0.0730 e. The summed E-state index contributed by atoms with van der Waals surface area (Å²) in [5.74, 6) is 0.